The Bertz CT molecular complexity index is 996. The third kappa shape index (κ3) is 6.28. The summed E-state index contributed by atoms with van der Waals surface area (Å²) in [7, 11) is -3.60. The number of rotatable bonds is 10. The first-order chi connectivity index (χ1) is 13.9. The van der Waals surface area contributed by atoms with Crippen LogP contribution in [-0.4, -0.2) is 26.9 Å². The molecule has 0 bridgehead atoms. The number of amides is 1. The number of furan rings is 1. The monoisotopic (exact) mass is 432 g/mol. The van der Waals surface area contributed by atoms with Crippen molar-refractivity contribution in [1.82, 2.24) is 10.0 Å². The number of carbonyl (C=O) groups is 1. The molecule has 0 radical (unpaired) electrons. The van der Waals surface area contributed by atoms with Crippen molar-refractivity contribution in [1.29, 1.82) is 0 Å². The number of sulfonamides is 1. The maximum Gasteiger partial charge on any atom is 0.251 e. The molecule has 0 aliphatic carbocycles. The van der Waals surface area contributed by atoms with Crippen molar-refractivity contribution < 1.29 is 17.6 Å². The van der Waals surface area contributed by atoms with E-state index in [4.69, 9.17) is 4.42 Å². The third-order valence-corrected chi connectivity index (χ3v) is 6.86. The van der Waals surface area contributed by atoms with Gasteiger partial charge in [0, 0.05) is 29.4 Å². The molecule has 154 valence electrons. The molecule has 1 atom stereocenters. The Kier molecular flexibility index (Phi) is 7.24. The minimum atomic E-state index is -3.60. The lowest BCUT2D eigenvalue weighted by molar-refractivity contribution is 0.0938. The Morgan fingerprint density at radius 3 is 2.55 bits per heavy atom. The molecule has 8 heteroatoms. The van der Waals surface area contributed by atoms with Gasteiger partial charge in [-0.25, -0.2) is 13.1 Å². The molecule has 3 aromatic rings. The normalized spacial score (nSPS) is 12.6. The molecular weight excluding hydrogens is 408 g/mol. The van der Waals surface area contributed by atoms with E-state index in [0.717, 1.165) is 23.5 Å². The van der Waals surface area contributed by atoms with Gasteiger partial charge in [0.25, 0.3) is 5.91 Å². The van der Waals surface area contributed by atoms with Gasteiger partial charge < -0.3 is 9.73 Å². The fourth-order valence-electron chi connectivity index (χ4n) is 2.83. The standard InChI is InChI=1S/C21H24N2O4S2/c1-16(6-9-18-4-2-14-27-18)23-21(24)17-7-10-20(11-8-17)29(25,26)22-13-12-19-5-3-15-28-19/h2-5,7-8,10-11,14-16,22H,6,9,12-13H2,1H3,(H,23,24). The summed E-state index contributed by atoms with van der Waals surface area (Å²) in [6, 6.07) is 13.6. The van der Waals surface area contributed by atoms with E-state index in [1.165, 1.54) is 24.3 Å². The van der Waals surface area contributed by atoms with Crippen LogP contribution in [0.5, 0.6) is 0 Å². The van der Waals surface area contributed by atoms with Crippen molar-refractivity contribution >= 4 is 27.3 Å². The van der Waals surface area contributed by atoms with Crippen LogP contribution in [-0.2, 0) is 22.9 Å². The zero-order valence-electron chi connectivity index (χ0n) is 16.1. The largest absolute Gasteiger partial charge is 0.469 e. The van der Waals surface area contributed by atoms with Crippen molar-refractivity contribution in [3.63, 3.8) is 0 Å². The fourth-order valence-corrected chi connectivity index (χ4v) is 4.57. The van der Waals surface area contributed by atoms with Crippen LogP contribution in [0.25, 0.3) is 0 Å². The lowest BCUT2D eigenvalue weighted by Gasteiger charge is -2.13. The molecule has 3 rings (SSSR count). The molecule has 0 saturated carbocycles. The number of benzene rings is 1. The molecule has 29 heavy (non-hydrogen) atoms. The van der Waals surface area contributed by atoms with Gasteiger partial charge in [0.2, 0.25) is 10.0 Å². The van der Waals surface area contributed by atoms with Crippen LogP contribution < -0.4 is 10.0 Å². The maximum atomic E-state index is 12.4. The van der Waals surface area contributed by atoms with Crippen molar-refractivity contribution in [3.05, 3.63) is 76.4 Å². The van der Waals surface area contributed by atoms with Crippen LogP contribution in [0.1, 0.15) is 34.3 Å². The van der Waals surface area contributed by atoms with Gasteiger partial charge in [-0.05, 0) is 67.6 Å². The predicted octanol–water partition coefficient (Wildman–Crippen LogP) is 3.61. The Labute approximate surface area is 175 Å². The lowest BCUT2D eigenvalue weighted by Crippen LogP contribution is -2.33. The molecule has 0 spiro atoms. The first-order valence-corrected chi connectivity index (χ1v) is 11.8. The molecule has 6 nitrogen and oxygen atoms in total. The lowest BCUT2D eigenvalue weighted by atomic mass is 10.1. The topological polar surface area (TPSA) is 88.4 Å². The Morgan fingerprint density at radius 2 is 1.90 bits per heavy atom. The number of nitrogens with one attached hydrogen (secondary N) is 2. The number of thiophene rings is 1. The zero-order valence-corrected chi connectivity index (χ0v) is 17.8. The van der Waals surface area contributed by atoms with E-state index in [1.807, 2.05) is 36.6 Å². The number of hydrogen-bond acceptors (Lipinski definition) is 5. The maximum absolute atomic E-state index is 12.4. The van der Waals surface area contributed by atoms with Crippen LogP contribution in [0.3, 0.4) is 0 Å². The summed E-state index contributed by atoms with van der Waals surface area (Å²) in [4.78, 5) is 13.7. The summed E-state index contributed by atoms with van der Waals surface area (Å²) >= 11 is 1.60. The quantitative estimate of drug-likeness (QED) is 0.512. The second-order valence-corrected chi connectivity index (χ2v) is 9.54. The highest BCUT2D eigenvalue weighted by Gasteiger charge is 2.15. The van der Waals surface area contributed by atoms with Gasteiger partial charge in [0.05, 0.1) is 11.2 Å². The van der Waals surface area contributed by atoms with E-state index in [1.54, 1.807) is 17.6 Å². The highest BCUT2D eigenvalue weighted by molar-refractivity contribution is 7.89. The van der Waals surface area contributed by atoms with Crippen LogP contribution in [0.4, 0.5) is 0 Å². The molecule has 0 fully saturated rings. The highest BCUT2D eigenvalue weighted by Crippen LogP contribution is 2.13. The summed E-state index contributed by atoms with van der Waals surface area (Å²) in [5, 5.41) is 4.89. The molecule has 1 aromatic carbocycles. The minimum absolute atomic E-state index is 0.0325. The second kappa shape index (κ2) is 9.87. The zero-order chi connectivity index (χ0) is 20.7. The van der Waals surface area contributed by atoms with E-state index in [-0.39, 0.29) is 16.8 Å². The number of hydrogen-bond donors (Lipinski definition) is 2. The Hall–Kier alpha value is -2.42. The van der Waals surface area contributed by atoms with Gasteiger partial charge in [-0.15, -0.1) is 11.3 Å². The molecule has 0 aliphatic heterocycles. The average Bonchev–Trinajstić information content (AvgIpc) is 3.40. The molecular formula is C21H24N2O4S2. The Balaban J connectivity index is 1.50. The minimum Gasteiger partial charge on any atom is -0.469 e. The van der Waals surface area contributed by atoms with E-state index in [0.29, 0.717) is 18.5 Å². The molecule has 1 amide bonds. The third-order valence-electron chi connectivity index (χ3n) is 4.45. The smallest absolute Gasteiger partial charge is 0.251 e. The molecule has 1 unspecified atom stereocenters. The summed E-state index contributed by atoms with van der Waals surface area (Å²) in [5.74, 6) is 0.652. The van der Waals surface area contributed by atoms with E-state index in [2.05, 4.69) is 10.0 Å². The van der Waals surface area contributed by atoms with Crippen LogP contribution in [0.15, 0.2) is 69.5 Å². The summed E-state index contributed by atoms with van der Waals surface area (Å²) in [6.07, 6.45) is 3.77. The Morgan fingerprint density at radius 1 is 1.10 bits per heavy atom. The molecule has 2 N–H and O–H groups in total. The molecule has 2 heterocycles. The van der Waals surface area contributed by atoms with Crippen LogP contribution in [0, 0.1) is 0 Å². The van der Waals surface area contributed by atoms with Gasteiger partial charge in [-0.3, -0.25) is 4.79 Å². The van der Waals surface area contributed by atoms with E-state index >= 15 is 0 Å². The van der Waals surface area contributed by atoms with E-state index < -0.39 is 10.0 Å². The van der Waals surface area contributed by atoms with Gasteiger partial charge in [0.1, 0.15) is 5.76 Å². The van der Waals surface area contributed by atoms with Crippen molar-refractivity contribution in [3.8, 4) is 0 Å². The SMILES string of the molecule is CC(CCc1ccco1)NC(=O)c1ccc(S(=O)(=O)NCCc2cccs2)cc1. The average molecular weight is 433 g/mol. The van der Waals surface area contributed by atoms with Crippen molar-refractivity contribution in [2.45, 2.75) is 37.1 Å². The molecule has 0 saturated heterocycles. The molecule has 2 aromatic heterocycles. The van der Waals surface area contributed by atoms with Gasteiger partial charge in [0.15, 0.2) is 0 Å². The van der Waals surface area contributed by atoms with Crippen molar-refractivity contribution in [2.75, 3.05) is 6.54 Å². The highest BCUT2D eigenvalue weighted by atomic mass is 32.2. The summed E-state index contributed by atoms with van der Waals surface area (Å²) in [6.45, 7) is 2.26. The summed E-state index contributed by atoms with van der Waals surface area (Å²) in [5.41, 5.74) is 0.424. The number of carbonyl (C=O) groups excluding carboxylic acids is 1. The van der Waals surface area contributed by atoms with Gasteiger partial charge in [-0.2, -0.15) is 0 Å². The predicted molar refractivity (Wildman–Crippen MR) is 114 cm³/mol. The van der Waals surface area contributed by atoms with E-state index in [9.17, 15) is 13.2 Å². The van der Waals surface area contributed by atoms with Crippen LogP contribution >= 0.6 is 11.3 Å². The fraction of sp³-hybridized carbons (Fsp3) is 0.286. The second-order valence-electron chi connectivity index (χ2n) is 6.74. The van der Waals surface area contributed by atoms with Crippen molar-refractivity contribution in [2.24, 2.45) is 0 Å². The van der Waals surface area contributed by atoms with Gasteiger partial charge >= 0.3 is 0 Å². The van der Waals surface area contributed by atoms with Crippen LogP contribution in [0.2, 0.25) is 0 Å². The van der Waals surface area contributed by atoms with Gasteiger partial charge in [-0.1, -0.05) is 6.07 Å². The summed E-state index contributed by atoms with van der Waals surface area (Å²) < 4.78 is 32.7. The number of aryl methyl sites for hydroxylation is 1. The first-order valence-electron chi connectivity index (χ1n) is 9.39. The first kappa shape index (κ1) is 21.3. The molecule has 0 aliphatic rings.